The lowest BCUT2D eigenvalue weighted by molar-refractivity contribution is -0.119. The average molecular weight is 316 g/mol. The minimum Gasteiger partial charge on any atom is -0.381 e. The van der Waals surface area contributed by atoms with Crippen LogP contribution < -0.4 is 0 Å². The average Bonchev–Trinajstić information content (AvgIpc) is 2.90. The zero-order valence-electron chi connectivity index (χ0n) is 15.1. The van der Waals surface area contributed by atoms with Crippen LogP contribution in [0.1, 0.15) is 71.6 Å². The smallest absolute Gasteiger partial charge is 0.155 e. The number of ketones is 1. The fourth-order valence-electron chi connectivity index (χ4n) is 7.37. The molecular formula is C21H32O2. The van der Waals surface area contributed by atoms with Gasteiger partial charge in [-0.1, -0.05) is 19.4 Å². The zero-order chi connectivity index (χ0) is 16.2. The second-order valence-corrected chi connectivity index (χ2v) is 8.91. The topological polar surface area (TPSA) is 26.3 Å². The van der Waals surface area contributed by atoms with Crippen LogP contribution in [-0.2, 0) is 9.53 Å². The van der Waals surface area contributed by atoms with Crippen LogP contribution in [-0.4, -0.2) is 19.0 Å². The fraction of sp³-hybridized carbons (Fsp3) is 0.857. The van der Waals surface area contributed by atoms with E-state index < -0.39 is 0 Å². The summed E-state index contributed by atoms with van der Waals surface area (Å²) in [5, 5.41) is 0. The Balaban J connectivity index is 1.69. The second-order valence-electron chi connectivity index (χ2n) is 8.91. The molecule has 0 bridgehead atoms. The van der Waals surface area contributed by atoms with E-state index in [1.165, 1.54) is 50.5 Å². The van der Waals surface area contributed by atoms with E-state index in [2.05, 4.69) is 13.8 Å². The predicted molar refractivity (Wildman–Crippen MR) is 92.1 cm³/mol. The molecule has 2 heteroatoms. The zero-order valence-corrected chi connectivity index (χ0v) is 15.1. The molecule has 23 heavy (non-hydrogen) atoms. The van der Waals surface area contributed by atoms with Gasteiger partial charge in [-0.05, 0) is 86.0 Å². The maximum absolute atomic E-state index is 12.0. The van der Waals surface area contributed by atoms with Crippen LogP contribution in [0.2, 0.25) is 0 Å². The van der Waals surface area contributed by atoms with Crippen LogP contribution in [0.3, 0.4) is 0 Å². The first-order valence-corrected chi connectivity index (χ1v) is 9.82. The minimum absolute atomic E-state index is 0.351. The molecule has 0 aromatic carbocycles. The van der Waals surface area contributed by atoms with Crippen LogP contribution in [0.25, 0.3) is 0 Å². The lowest BCUT2D eigenvalue weighted by atomic mass is 9.46. The molecule has 0 saturated heterocycles. The van der Waals surface area contributed by atoms with E-state index in [9.17, 15) is 4.79 Å². The summed E-state index contributed by atoms with van der Waals surface area (Å²) >= 11 is 0. The largest absolute Gasteiger partial charge is 0.381 e. The van der Waals surface area contributed by atoms with Crippen molar-refractivity contribution in [2.24, 2.45) is 28.6 Å². The van der Waals surface area contributed by atoms with Crippen LogP contribution in [0.5, 0.6) is 0 Å². The van der Waals surface area contributed by atoms with Gasteiger partial charge in [-0.25, -0.2) is 0 Å². The van der Waals surface area contributed by atoms with Crippen molar-refractivity contribution in [1.82, 2.24) is 0 Å². The molecule has 3 fully saturated rings. The highest BCUT2D eigenvalue weighted by atomic mass is 16.5. The van der Waals surface area contributed by atoms with Gasteiger partial charge in [-0.3, -0.25) is 4.79 Å². The Morgan fingerprint density at radius 3 is 2.70 bits per heavy atom. The Hall–Kier alpha value is -0.630. The van der Waals surface area contributed by atoms with E-state index in [0.717, 1.165) is 30.6 Å². The van der Waals surface area contributed by atoms with Crippen molar-refractivity contribution in [3.8, 4) is 0 Å². The first kappa shape index (κ1) is 15.9. The highest BCUT2D eigenvalue weighted by molar-refractivity contribution is 5.91. The second kappa shape index (κ2) is 5.44. The molecule has 0 spiro atoms. The number of fused-ring (bicyclic) bond motifs is 5. The minimum atomic E-state index is 0.351. The van der Waals surface area contributed by atoms with Crippen LogP contribution in [0, 0.1) is 28.6 Å². The number of carbonyl (C=O) groups is 1. The van der Waals surface area contributed by atoms with Gasteiger partial charge in [0.05, 0.1) is 6.10 Å². The van der Waals surface area contributed by atoms with E-state index >= 15 is 0 Å². The Labute approximate surface area is 141 Å². The first-order chi connectivity index (χ1) is 11.0. The summed E-state index contributed by atoms with van der Waals surface area (Å²) < 4.78 is 5.88. The van der Waals surface area contributed by atoms with Gasteiger partial charge in [0.25, 0.3) is 0 Å². The van der Waals surface area contributed by atoms with Crippen LogP contribution in [0.15, 0.2) is 11.6 Å². The van der Waals surface area contributed by atoms with Gasteiger partial charge < -0.3 is 4.74 Å². The number of hydrogen-bond donors (Lipinski definition) is 0. The molecule has 3 saturated carbocycles. The van der Waals surface area contributed by atoms with E-state index in [1.54, 1.807) is 0 Å². The Kier molecular flexibility index (Phi) is 3.75. The highest BCUT2D eigenvalue weighted by Gasteiger charge is 2.59. The Morgan fingerprint density at radius 1 is 1.13 bits per heavy atom. The third-order valence-electron chi connectivity index (χ3n) is 8.51. The predicted octanol–water partition coefficient (Wildman–Crippen LogP) is 4.92. The molecule has 128 valence electrons. The summed E-state index contributed by atoms with van der Waals surface area (Å²) in [6.07, 6.45) is 13.4. The molecule has 4 rings (SSSR count). The molecule has 0 radical (unpaired) electrons. The Morgan fingerprint density at radius 2 is 1.96 bits per heavy atom. The van der Waals surface area contributed by atoms with Gasteiger partial charge in [0.15, 0.2) is 5.78 Å². The molecule has 4 aliphatic rings. The molecule has 0 aliphatic heterocycles. The van der Waals surface area contributed by atoms with Gasteiger partial charge in [0, 0.05) is 13.5 Å². The third-order valence-corrected chi connectivity index (χ3v) is 8.51. The molecule has 6 unspecified atom stereocenters. The lowest BCUT2D eigenvalue weighted by Crippen LogP contribution is -2.52. The third kappa shape index (κ3) is 2.06. The number of methoxy groups -OCH3 is 1. The first-order valence-electron chi connectivity index (χ1n) is 9.82. The standard InChI is InChI=1S/C21H32O2/c1-4-21-12-9-15(22)13-14(21)5-6-16-17-7-8-19(23-3)20(17,2)11-10-18(16)21/h13,16-19H,4-12H2,1-3H3. The highest BCUT2D eigenvalue weighted by Crippen LogP contribution is 2.66. The Bertz CT molecular complexity index is 536. The van der Waals surface area contributed by atoms with Gasteiger partial charge in [-0.2, -0.15) is 0 Å². The van der Waals surface area contributed by atoms with E-state index in [1.807, 2.05) is 13.2 Å². The van der Waals surface area contributed by atoms with Crippen LogP contribution in [0.4, 0.5) is 0 Å². The molecular weight excluding hydrogens is 284 g/mol. The van der Waals surface area contributed by atoms with Crippen LogP contribution >= 0.6 is 0 Å². The van der Waals surface area contributed by atoms with E-state index in [0.29, 0.717) is 22.7 Å². The van der Waals surface area contributed by atoms with Gasteiger partial charge in [0.2, 0.25) is 0 Å². The molecule has 2 nitrogen and oxygen atoms in total. The quantitative estimate of drug-likeness (QED) is 0.722. The van der Waals surface area contributed by atoms with Crippen molar-refractivity contribution in [2.75, 3.05) is 7.11 Å². The SMILES string of the molecule is CCC12CCC(=O)C=C1CCC1C2CCC2(C)C(OC)CCC12. The molecule has 4 aliphatic carbocycles. The van der Waals surface area contributed by atoms with Gasteiger partial charge >= 0.3 is 0 Å². The van der Waals surface area contributed by atoms with Crippen molar-refractivity contribution in [3.63, 3.8) is 0 Å². The summed E-state index contributed by atoms with van der Waals surface area (Å²) in [5.41, 5.74) is 2.27. The van der Waals surface area contributed by atoms with Crippen molar-refractivity contribution in [3.05, 3.63) is 11.6 Å². The maximum Gasteiger partial charge on any atom is 0.155 e. The molecule has 0 amide bonds. The summed E-state index contributed by atoms with van der Waals surface area (Å²) in [7, 11) is 1.91. The fourth-order valence-corrected chi connectivity index (χ4v) is 7.37. The monoisotopic (exact) mass is 316 g/mol. The summed E-state index contributed by atoms with van der Waals surface area (Å²) in [6, 6.07) is 0. The number of hydrogen-bond acceptors (Lipinski definition) is 2. The number of ether oxygens (including phenoxy) is 1. The normalized spacial score (nSPS) is 49.2. The summed E-state index contributed by atoms with van der Waals surface area (Å²) in [5.74, 6) is 2.89. The maximum atomic E-state index is 12.0. The number of allylic oxidation sites excluding steroid dienone is 1. The summed E-state index contributed by atoms with van der Waals surface area (Å²) in [4.78, 5) is 12.0. The number of carbonyl (C=O) groups excluding carboxylic acids is 1. The molecule has 0 N–H and O–H groups in total. The summed E-state index contributed by atoms with van der Waals surface area (Å²) in [6.45, 7) is 4.87. The number of rotatable bonds is 2. The van der Waals surface area contributed by atoms with Crippen molar-refractivity contribution in [2.45, 2.75) is 77.7 Å². The van der Waals surface area contributed by atoms with E-state index in [-0.39, 0.29) is 0 Å². The molecule has 0 heterocycles. The lowest BCUT2D eigenvalue weighted by Gasteiger charge is -2.59. The molecule has 6 atom stereocenters. The molecule has 0 aromatic rings. The van der Waals surface area contributed by atoms with E-state index in [4.69, 9.17) is 4.74 Å². The van der Waals surface area contributed by atoms with Gasteiger partial charge in [-0.15, -0.1) is 0 Å². The van der Waals surface area contributed by atoms with Crippen molar-refractivity contribution < 1.29 is 9.53 Å². The van der Waals surface area contributed by atoms with Gasteiger partial charge in [0.1, 0.15) is 0 Å². The molecule has 0 aromatic heterocycles. The van der Waals surface area contributed by atoms with Crippen molar-refractivity contribution in [1.29, 1.82) is 0 Å². The van der Waals surface area contributed by atoms with Crippen molar-refractivity contribution >= 4 is 5.78 Å².